The first-order valence-electron chi connectivity index (χ1n) is 6.84. The standard InChI is InChI=1S/C18H22/c1-5-15-7-13(3)9-17(11-15)18-10-14(4)8-16(6-2)12-18/h7-12H,5-6H2,1-4H3. The Kier molecular flexibility index (Phi) is 3.86. The molecule has 0 heteroatoms. The molecule has 2 aromatic rings. The molecule has 0 aromatic heterocycles. The van der Waals surface area contributed by atoms with Crippen molar-refractivity contribution in [3.63, 3.8) is 0 Å². The zero-order valence-corrected chi connectivity index (χ0v) is 11.9. The molecular formula is C18H22. The minimum absolute atomic E-state index is 1.10. The zero-order chi connectivity index (χ0) is 13.1. The van der Waals surface area contributed by atoms with Crippen LogP contribution in [0, 0.1) is 13.8 Å². The van der Waals surface area contributed by atoms with Gasteiger partial charge in [-0.15, -0.1) is 0 Å². The second-order valence-electron chi connectivity index (χ2n) is 5.12. The van der Waals surface area contributed by atoms with Crippen molar-refractivity contribution in [1.82, 2.24) is 0 Å². The van der Waals surface area contributed by atoms with Gasteiger partial charge in [-0.3, -0.25) is 0 Å². The van der Waals surface area contributed by atoms with E-state index >= 15 is 0 Å². The molecule has 2 aromatic carbocycles. The molecule has 0 spiro atoms. The van der Waals surface area contributed by atoms with Gasteiger partial charge in [-0.25, -0.2) is 0 Å². The normalized spacial score (nSPS) is 10.7. The molecule has 0 saturated heterocycles. The summed E-state index contributed by atoms with van der Waals surface area (Å²) in [6, 6.07) is 13.8. The highest BCUT2D eigenvalue weighted by Gasteiger charge is 2.03. The third-order valence-corrected chi connectivity index (χ3v) is 3.42. The fraction of sp³-hybridized carbons (Fsp3) is 0.333. The fourth-order valence-corrected chi connectivity index (χ4v) is 2.47. The lowest BCUT2D eigenvalue weighted by molar-refractivity contribution is 1.12. The molecule has 0 atom stereocenters. The Morgan fingerprint density at radius 2 is 1.00 bits per heavy atom. The Morgan fingerprint density at radius 3 is 1.33 bits per heavy atom. The topological polar surface area (TPSA) is 0 Å². The van der Waals surface area contributed by atoms with Crippen molar-refractivity contribution in [2.24, 2.45) is 0 Å². The van der Waals surface area contributed by atoms with Crippen molar-refractivity contribution in [3.05, 3.63) is 58.7 Å². The molecule has 0 N–H and O–H groups in total. The Labute approximate surface area is 111 Å². The van der Waals surface area contributed by atoms with E-state index in [-0.39, 0.29) is 0 Å². The summed E-state index contributed by atoms with van der Waals surface area (Å²) in [6.45, 7) is 8.79. The number of hydrogen-bond donors (Lipinski definition) is 0. The van der Waals surface area contributed by atoms with Crippen molar-refractivity contribution in [2.45, 2.75) is 40.5 Å². The monoisotopic (exact) mass is 238 g/mol. The van der Waals surface area contributed by atoms with Crippen LogP contribution in [-0.4, -0.2) is 0 Å². The Balaban J connectivity index is 2.53. The van der Waals surface area contributed by atoms with E-state index in [2.05, 4.69) is 64.1 Å². The van der Waals surface area contributed by atoms with Crippen LogP contribution in [0.4, 0.5) is 0 Å². The van der Waals surface area contributed by atoms with Gasteiger partial charge in [0.1, 0.15) is 0 Å². The second kappa shape index (κ2) is 5.39. The molecule has 0 aliphatic carbocycles. The van der Waals surface area contributed by atoms with Crippen molar-refractivity contribution < 1.29 is 0 Å². The van der Waals surface area contributed by atoms with Gasteiger partial charge in [0.25, 0.3) is 0 Å². The maximum absolute atomic E-state index is 2.32. The predicted molar refractivity (Wildman–Crippen MR) is 80.1 cm³/mol. The van der Waals surface area contributed by atoms with E-state index in [9.17, 15) is 0 Å². The largest absolute Gasteiger partial charge is 0.0613 e. The van der Waals surface area contributed by atoms with E-state index in [1.165, 1.54) is 33.4 Å². The lowest BCUT2D eigenvalue weighted by atomic mass is 9.96. The van der Waals surface area contributed by atoms with Crippen LogP contribution in [0.25, 0.3) is 11.1 Å². The maximum atomic E-state index is 2.32. The first-order chi connectivity index (χ1) is 8.62. The van der Waals surface area contributed by atoms with E-state index in [0.717, 1.165) is 12.8 Å². The van der Waals surface area contributed by atoms with Gasteiger partial charge in [-0.1, -0.05) is 61.4 Å². The zero-order valence-electron chi connectivity index (χ0n) is 11.9. The summed E-state index contributed by atoms with van der Waals surface area (Å²) >= 11 is 0. The first kappa shape index (κ1) is 12.9. The van der Waals surface area contributed by atoms with E-state index in [1.54, 1.807) is 0 Å². The van der Waals surface area contributed by atoms with Gasteiger partial charge in [-0.05, 0) is 48.9 Å². The SMILES string of the molecule is CCc1cc(C)cc(-c2cc(C)cc(CC)c2)c1. The van der Waals surface area contributed by atoms with Crippen LogP contribution in [-0.2, 0) is 12.8 Å². The lowest BCUT2D eigenvalue weighted by Gasteiger charge is -2.09. The molecule has 94 valence electrons. The minimum Gasteiger partial charge on any atom is -0.0613 e. The average Bonchev–Trinajstić information content (AvgIpc) is 2.37. The Morgan fingerprint density at radius 1 is 0.611 bits per heavy atom. The Hall–Kier alpha value is -1.56. The highest BCUT2D eigenvalue weighted by Crippen LogP contribution is 2.25. The van der Waals surface area contributed by atoms with Gasteiger partial charge in [0.2, 0.25) is 0 Å². The molecule has 0 unspecified atom stereocenters. The molecular weight excluding hydrogens is 216 g/mol. The van der Waals surface area contributed by atoms with Crippen LogP contribution < -0.4 is 0 Å². The van der Waals surface area contributed by atoms with E-state index in [1.807, 2.05) is 0 Å². The number of hydrogen-bond acceptors (Lipinski definition) is 0. The highest BCUT2D eigenvalue weighted by atomic mass is 14.1. The summed E-state index contributed by atoms with van der Waals surface area (Å²) in [5.74, 6) is 0. The lowest BCUT2D eigenvalue weighted by Crippen LogP contribution is -1.89. The van der Waals surface area contributed by atoms with Gasteiger partial charge in [-0.2, -0.15) is 0 Å². The van der Waals surface area contributed by atoms with Gasteiger partial charge in [0, 0.05) is 0 Å². The summed E-state index contributed by atoms with van der Waals surface area (Å²) in [5, 5.41) is 0. The smallest absolute Gasteiger partial charge is 0.0178 e. The highest BCUT2D eigenvalue weighted by molar-refractivity contribution is 5.66. The molecule has 0 radical (unpaired) electrons. The molecule has 0 fully saturated rings. The third kappa shape index (κ3) is 2.81. The van der Waals surface area contributed by atoms with E-state index in [0.29, 0.717) is 0 Å². The van der Waals surface area contributed by atoms with Crippen LogP contribution >= 0.6 is 0 Å². The van der Waals surface area contributed by atoms with Crippen LogP contribution in [0.3, 0.4) is 0 Å². The van der Waals surface area contributed by atoms with Crippen LogP contribution in [0.2, 0.25) is 0 Å². The number of rotatable bonds is 3. The van der Waals surface area contributed by atoms with Gasteiger partial charge in [0.05, 0.1) is 0 Å². The van der Waals surface area contributed by atoms with Crippen LogP contribution in [0.1, 0.15) is 36.1 Å². The molecule has 0 nitrogen and oxygen atoms in total. The van der Waals surface area contributed by atoms with E-state index in [4.69, 9.17) is 0 Å². The van der Waals surface area contributed by atoms with Gasteiger partial charge in [0.15, 0.2) is 0 Å². The third-order valence-electron chi connectivity index (χ3n) is 3.42. The predicted octanol–water partition coefficient (Wildman–Crippen LogP) is 5.10. The molecule has 0 amide bonds. The van der Waals surface area contributed by atoms with E-state index < -0.39 is 0 Å². The summed E-state index contributed by atoms with van der Waals surface area (Å²) in [6.07, 6.45) is 2.20. The Bertz CT molecular complexity index is 498. The van der Waals surface area contributed by atoms with Crippen molar-refractivity contribution in [3.8, 4) is 11.1 Å². The summed E-state index contributed by atoms with van der Waals surface area (Å²) in [4.78, 5) is 0. The molecule has 2 rings (SSSR count). The quantitative estimate of drug-likeness (QED) is 0.698. The van der Waals surface area contributed by atoms with Gasteiger partial charge < -0.3 is 0 Å². The average molecular weight is 238 g/mol. The van der Waals surface area contributed by atoms with Crippen LogP contribution in [0.5, 0.6) is 0 Å². The first-order valence-corrected chi connectivity index (χ1v) is 6.84. The second-order valence-corrected chi connectivity index (χ2v) is 5.12. The molecule has 0 aliphatic rings. The molecule has 0 heterocycles. The number of aryl methyl sites for hydroxylation is 4. The van der Waals surface area contributed by atoms with Crippen molar-refractivity contribution in [2.75, 3.05) is 0 Å². The summed E-state index contributed by atoms with van der Waals surface area (Å²) in [5.41, 5.74) is 8.25. The summed E-state index contributed by atoms with van der Waals surface area (Å²) < 4.78 is 0. The van der Waals surface area contributed by atoms with Gasteiger partial charge >= 0.3 is 0 Å². The molecule has 0 saturated carbocycles. The fourth-order valence-electron chi connectivity index (χ4n) is 2.47. The molecule has 0 aliphatic heterocycles. The van der Waals surface area contributed by atoms with Crippen LogP contribution in [0.15, 0.2) is 36.4 Å². The number of benzene rings is 2. The maximum Gasteiger partial charge on any atom is -0.0178 e. The molecule has 0 bridgehead atoms. The summed E-state index contributed by atoms with van der Waals surface area (Å²) in [7, 11) is 0. The van der Waals surface area contributed by atoms with Crippen molar-refractivity contribution >= 4 is 0 Å². The molecule has 18 heavy (non-hydrogen) atoms. The van der Waals surface area contributed by atoms with Crippen molar-refractivity contribution in [1.29, 1.82) is 0 Å². The minimum atomic E-state index is 1.10.